The topological polar surface area (TPSA) is 9.23 Å². The first kappa shape index (κ1) is 13.9. The van der Waals surface area contributed by atoms with Crippen molar-refractivity contribution in [2.75, 3.05) is 12.5 Å². The van der Waals surface area contributed by atoms with Gasteiger partial charge in [-0.05, 0) is 24.1 Å². The third-order valence-electron chi connectivity index (χ3n) is 1.96. The van der Waals surface area contributed by atoms with Gasteiger partial charge in [-0.15, -0.1) is 11.6 Å². The van der Waals surface area contributed by atoms with Gasteiger partial charge in [0.1, 0.15) is 11.6 Å². The molecule has 3 heteroatoms. The monoisotopic (exact) mass is 254 g/mol. The average Bonchev–Trinajstić information content (AvgIpc) is 2.28. The lowest BCUT2D eigenvalue weighted by Crippen LogP contribution is -2.05. The number of ether oxygens (including phenoxy) is 1. The first-order valence-electron chi connectivity index (χ1n) is 5.60. The van der Waals surface area contributed by atoms with Crippen LogP contribution in [-0.4, -0.2) is 12.5 Å². The molecule has 0 bridgehead atoms. The molecule has 1 aromatic carbocycles. The van der Waals surface area contributed by atoms with Gasteiger partial charge < -0.3 is 4.74 Å². The van der Waals surface area contributed by atoms with Crippen LogP contribution in [0.15, 0.2) is 18.2 Å². The molecule has 0 atom stereocenters. The van der Waals surface area contributed by atoms with Crippen molar-refractivity contribution in [1.82, 2.24) is 0 Å². The Morgan fingerprint density at radius 2 is 2.18 bits per heavy atom. The van der Waals surface area contributed by atoms with Crippen molar-refractivity contribution in [1.29, 1.82) is 0 Å². The number of halogens is 2. The SMILES string of the molecule is CC(C)COc1ccc(F)cc1C#CCCCl. The van der Waals surface area contributed by atoms with Crippen molar-refractivity contribution in [3.05, 3.63) is 29.6 Å². The summed E-state index contributed by atoms with van der Waals surface area (Å²) in [6.45, 7) is 4.71. The molecule has 0 amide bonds. The average molecular weight is 255 g/mol. The van der Waals surface area contributed by atoms with Crippen LogP contribution in [-0.2, 0) is 0 Å². The Balaban J connectivity index is 2.85. The molecule has 92 valence electrons. The summed E-state index contributed by atoms with van der Waals surface area (Å²) in [6, 6.07) is 4.38. The molecule has 0 aliphatic carbocycles. The Bertz CT molecular complexity index is 418. The van der Waals surface area contributed by atoms with Crippen molar-refractivity contribution < 1.29 is 9.13 Å². The summed E-state index contributed by atoms with van der Waals surface area (Å²) in [7, 11) is 0. The molecular formula is C14H16ClFO. The minimum Gasteiger partial charge on any atom is -0.492 e. The summed E-state index contributed by atoms with van der Waals surface area (Å²) in [5.41, 5.74) is 0.579. The van der Waals surface area contributed by atoms with Crippen molar-refractivity contribution in [2.24, 2.45) is 5.92 Å². The molecule has 0 heterocycles. The van der Waals surface area contributed by atoms with Crippen molar-refractivity contribution in [2.45, 2.75) is 20.3 Å². The van der Waals surface area contributed by atoms with Gasteiger partial charge in [-0.2, -0.15) is 0 Å². The minimum absolute atomic E-state index is 0.308. The van der Waals surface area contributed by atoms with E-state index in [1.165, 1.54) is 12.1 Å². The van der Waals surface area contributed by atoms with Crippen LogP contribution in [0.2, 0.25) is 0 Å². The highest BCUT2D eigenvalue weighted by Gasteiger charge is 2.04. The van der Waals surface area contributed by atoms with Crippen LogP contribution in [0.1, 0.15) is 25.8 Å². The van der Waals surface area contributed by atoms with E-state index < -0.39 is 0 Å². The molecule has 0 radical (unpaired) electrons. The molecule has 0 aliphatic heterocycles. The second kappa shape index (κ2) is 7.19. The Morgan fingerprint density at radius 3 is 2.82 bits per heavy atom. The highest BCUT2D eigenvalue weighted by Crippen LogP contribution is 2.19. The smallest absolute Gasteiger partial charge is 0.135 e. The summed E-state index contributed by atoms with van der Waals surface area (Å²) < 4.78 is 18.7. The molecule has 0 fully saturated rings. The van der Waals surface area contributed by atoms with E-state index in [4.69, 9.17) is 16.3 Å². The van der Waals surface area contributed by atoms with Crippen LogP contribution in [0.4, 0.5) is 4.39 Å². The third kappa shape index (κ3) is 5.10. The zero-order valence-corrected chi connectivity index (χ0v) is 10.9. The second-order valence-corrected chi connectivity index (χ2v) is 4.46. The van der Waals surface area contributed by atoms with E-state index in [2.05, 4.69) is 25.7 Å². The summed E-state index contributed by atoms with van der Waals surface area (Å²) in [5.74, 6) is 6.97. The second-order valence-electron chi connectivity index (χ2n) is 4.09. The maximum Gasteiger partial charge on any atom is 0.135 e. The van der Waals surface area contributed by atoms with E-state index in [1.807, 2.05) is 0 Å². The van der Waals surface area contributed by atoms with E-state index in [0.29, 0.717) is 36.1 Å². The molecule has 17 heavy (non-hydrogen) atoms. The van der Waals surface area contributed by atoms with Crippen LogP contribution in [0.5, 0.6) is 5.75 Å². The van der Waals surface area contributed by atoms with Crippen LogP contribution >= 0.6 is 11.6 Å². The highest BCUT2D eigenvalue weighted by atomic mass is 35.5. The number of rotatable bonds is 4. The summed E-state index contributed by atoms with van der Waals surface area (Å²) in [6.07, 6.45) is 0.585. The highest BCUT2D eigenvalue weighted by molar-refractivity contribution is 6.18. The zero-order chi connectivity index (χ0) is 12.7. The lowest BCUT2D eigenvalue weighted by Gasteiger charge is -2.10. The normalized spacial score (nSPS) is 9.94. The number of hydrogen-bond acceptors (Lipinski definition) is 1. The zero-order valence-electron chi connectivity index (χ0n) is 10.1. The van der Waals surface area contributed by atoms with Crippen LogP contribution < -0.4 is 4.74 Å². The van der Waals surface area contributed by atoms with Gasteiger partial charge in [0.2, 0.25) is 0 Å². The fraction of sp³-hybridized carbons (Fsp3) is 0.429. The fourth-order valence-corrected chi connectivity index (χ4v) is 1.28. The largest absolute Gasteiger partial charge is 0.492 e. The van der Waals surface area contributed by atoms with E-state index in [0.717, 1.165) is 0 Å². The quantitative estimate of drug-likeness (QED) is 0.586. The summed E-state index contributed by atoms with van der Waals surface area (Å²) in [4.78, 5) is 0. The van der Waals surface area contributed by atoms with Crippen molar-refractivity contribution in [3.63, 3.8) is 0 Å². The summed E-state index contributed by atoms with van der Waals surface area (Å²) >= 11 is 5.53. The Hall–Kier alpha value is -1.20. The van der Waals surface area contributed by atoms with Gasteiger partial charge in [-0.1, -0.05) is 25.7 Å². The molecule has 0 N–H and O–H groups in total. The lowest BCUT2D eigenvalue weighted by atomic mass is 10.2. The van der Waals surface area contributed by atoms with Gasteiger partial charge in [-0.25, -0.2) is 4.39 Å². The minimum atomic E-state index is -0.308. The number of benzene rings is 1. The maximum atomic E-state index is 13.1. The maximum absolute atomic E-state index is 13.1. The van der Waals surface area contributed by atoms with Gasteiger partial charge in [0.05, 0.1) is 12.2 Å². The molecule has 0 spiro atoms. The van der Waals surface area contributed by atoms with Gasteiger partial charge in [0.25, 0.3) is 0 Å². The number of alkyl halides is 1. The molecule has 1 aromatic rings. The molecule has 0 aromatic heterocycles. The third-order valence-corrected chi connectivity index (χ3v) is 2.15. The van der Waals surface area contributed by atoms with Crippen LogP contribution in [0.3, 0.4) is 0 Å². The fourth-order valence-electron chi connectivity index (χ4n) is 1.19. The first-order chi connectivity index (χ1) is 8.13. The summed E-state index contributed by atoms with van der Waals surface area (Å²) in [5, 5.41) is 0. The molecule has 1 rings (SSSR count). The van der Waals surface area contributed by atoms with E-state index >= 15 is 0 Å². The standard InChI is InChI=1S/C14H16ClFO/c1-11(2)10-17-14-7-6-13(16)9-12(14)5-3-4-8-15/h6-7,9,11H,4,8,10H2,1-2H3. The molecule has 1 nitrogen and oxygen atoms in total. The molecular weight excluding hydrogens is 239 g/mol. The lowest BCUT2D eigenvalue weighted by molar-refractivity contribution is 0.270. The Labute approximate surface area is 107 Å². The van der Waals surface area contributed by atoms with Gasteiger partial charge in [0, 0.05) is 12.3 Å². The Kier molecular flexibility index (Phi) is 5.86. The molecule has 0 saturated carbocycles. The Morgan fingerprint density at radius 1 is 1.41 bits per heavy atom. The van der Waals surface area contributed by atoms with E-state index in [1.54, 1.807) is 6.07 Å². The predicted octanol–water partition coefficient (Wildman–Crippen LogP) is 3.84. The van der Waals surface area contributed by atoms with Crippen molar-refractivity contribution >= 4 is 11.6 Å². The van der Waals surface area contributed by atoms with Gasteiger partial charge in [-0.3, -0.25) is 0 Å². The first-order valence-corrected chi connectivity index (χ1v) is 6.14. The van der Waals surface area contributed by atoms with Crippen LogP contribution in [0.25, 0.3) is 0 Å². The van der Waals surface area contributed by atoms with Crippen LogP contribution in [0, 0.1) is 23.6 Å². The molecule has 0 unspecified atom stereocenters. The molecule has 0 saturated heterocycles. The van der Waals surface area contributed by atoms with E-state index in [-0.39, 0.29) is 5.82 Å². The number of hydrogen-bond donors (Lipinski definition) is 0. The molecule has 0 aliphatic rings. The van der Waals surface area contributed by atoms with Crippen molar-refractivity contribution in [3.8, 4) is 17.6 Å². The predicted molar refractivity (Wildman–Crippen MR) is 68.9 cm³/mol. The van der Waals surface area contributed by atoms with E-state index in [9.17, 15) is 4.39 Å². The van der Waals surface area contributed by atoms with Gasteiger partial charge in [0.15, 0.2) is 0 Å². The van der Waals surface area contributed by atoms with Gasteiger partial charge >= 0.3 is 0 Å².